The van der Waals surface area contributed by atoms with Crippen LogP contribution in [0.2, 0.25) is 0 Å². The fourth-order valence-corrected chi connectivity index (χ4v) is 2.49. The fraction of sp³-hybridized carbons (Fsp3) is 1.00. The van der Waals surface area contributed by atoms with E-state index < -0.39 is 6.29 Å². The molecule has 2 unspecified atom stereocenters. The first-order valence-electron chi connectivity index (χ1n) is 4.24. The molecule has 1 rings (SSSR count). The van der Waals surface area contributed by atoms with Crippen LogP contribution in [0.15, 0.2) is 0 Å². The summed E-state index contributed by atoms with van der Waals surface area (Å²) in [6, 6.07) is 0. The average Bonchev–Trinajstić information content (AvgIpc) is 2.29. The van der Waals surface area contributed by atoms with Gasteiger partial charge in [-0.3, -0.25) is 0 Å². The standard InChI is InChI=1S/C9H18O2/c1-5-9(4)6(7(10)11)8(9,2)3/h6-7,10-11H,5H2,1-4H3. The molecule has 0 bridgehead atoms. The molecule has 0 saturated heterocycles. The SMILES string of the molecule is CCC1(C)C(C(O)O)C1(C)C. The third kappa shape index (κ3) is 0.926. The summed E-state index contributed by atoms with van der Waals surface area (Å²) < 4.78 is 0. The zero-order valence-corrected chi connectivity index (χ0v) is 7.76. The van der Waals surface area contributed by atoms with Gasteiger partial charge in [0.15, 0.2) is 6.29 Å². The molecule has 0 aromatic carbocycles. The van der Waals surface area contributed by atoms with Gasteiger partial charge in [0.2, 0.25) is 0 Å². The minimum Gasteiger partial charge on any atom is -0.368 e. The summed E-state index contributed by atoms with van der Waals surface area (Å²) in [4.78, 5) is 0. The number of aliphatic hydroxyl groups excluding tert-OH is 1. The number of hydrogen-bond acceptors (Lipinski definition) is 2. The predicted molar refractivity (Wildman–Crippen MR) is 43.9 cm³/mol. The summed E-state index contributed by atoms with van der Waals surface area (Å²) in [5.74, 6) is 0.0556. The molecule has 1 saturated carbocycles. The minimum absolute atomic E-state index is 0.0556. The second kappa shape index (κ2) is 2.20. The van der Waals surface area contributed by atoms with Crippen LogP contribution in [0.3, 0.4) is 0 Å². The Morgan fingerprint density at radius 2 is 1.73 bits per heavy atom. The van der Waals surface area contributed by atoms with Crippen molar-refractivity contribution < 1.29 is 10.2 Å². The van der Waals surface area contributed by atoms with E-state index in [9.17, 15) is 0 Å². The molecule has 1 aliphatic carbocycles. The van der Waals surface area contributed by atoms with Gasteiger partial charge in [-0.1, -0.05) is 27.7 Å². The highest BCUT2D eigenvalue weighted by atomic mass is 16.5. The van der Waals surface area contributed by atoms with Crippen molar-refractivity contribution in [3.05, 3.63) is 0 Å². The van der Waals surface area contributed by atoms with Crippen molar-refractivity contribution in [2.24, 2.45) is 16.7 Å². The summed E-state index contributed by atoms with van der Waals surface area (Å²) >= 11 is 0. The highest BCUT2D eigenvalue weighted by Crippen LogP contribution is 2.71. The molecule has 2 heteroatoms. The van der Waals surface area contributed by atoms with E-state index in [-0.39, 0.29) is 16.7 Å². The molecule has 0 aromatic rings. The first-order chi connectivity index (χ1) is 4.88. The molecule has 0 heterocycles. The Bertz CT molecular complexity index is 163. The van der Waals surface area contributed by atoms with E-state index >= 15 is 0 Å². The van der Waals surface area contributed by atoms with Gasteiger partial charge in [0.05, 0.1) is 0 Å². The zero-order valence-electron chi connectivity index (χ0n) is 7.76. The van der Waals surface area contributed by atoms with Gasteiger partial charge in [0, 0.05) is 5.92 Å². The molecule has 1 fully saturated rings. The average molecular weight is 158 g/mol. The highest BCUT2D eigenvalue weighted by Gasteiger charge is 2.68. The third-order valence-electron chi connectivity index (χ3n) is 3.89. The molecular formula is C9H18O2. The van der Waals surface area contributed by atoms with Crippen molar-refractivity contribution in [3.8, 4) is 0 Å². The maximum Gasteiger partial charge on any atom is 0.155 e. The quantitative estimate of drug-likeness (QED) is 0.596. The smallest absolute Gasteiger partial charge is 0.155 e. The first kappa shape index (κ1) is 9.01. The Balaban J connectivity index is 2.75. The van der Waals surface area contributed by atoms with Crippen LogP contribution in [-0.4, -0.2) is 16.5 Å². The lowest BCUT2D eigenvalue weighted by Crippen LogP contribution is -2.12. The summed E-state index contributed by atoms with van der Waals surface area (Å²) in [6.45, 7) is 8.42. The Hall–Kier alpha value is -0.0800. The summed E-state index contributed by atoms with van der Waals surface area (Å²) in [6.07, 6.45) is -0.127. The van der Waals surface area contributed by atoms with Crippen molar-refractivity contribution in [1.29, 1.82) is 0 Å². The molecule has 2 nitrogen and oxygen atoms in total. The van der Waals surface area contributed by atoms with Crippen molar-refractivity contribution in [2.45, 2.75) is 40.4 Å². The molecule has 0 radical (unpaired) electrons. The third-order valence-corrected chi connectivity index (χ3v) is 3.89. The first-order valence-corrected chi connectivity index (χ1v) is 4.24. The van der Waals surface area contributed by atoms with E-state index in [4.69, 9.17) is 10.2 Å². The van der Waals surface area contributed by atoms with Gasteiger partial charge in [-0.05, 0) is 17.3 Å². The Labute approximate surface area is 68.2 Å². The van der Waals surface area contributed by atoms with Gasteiger partial charge in [-0.15, -0.1) is 0 Å². The minimum atomic E-state index is -1.14. The van der Waals surface area contributed by atoms with Crippen molar-refractivity contribution >= 4 is 0 Å². The second-order valence-electron chi connectivity index (χ2n) is 4.38. The van der Waals surface area contributed by atoms with Crippen LogP contribution in [0.1, 0.15) is 34.1 Å². The lowest BCUT2D eigenvalue weighted by Gasteiger charge is -2.09. The van der Waals surface area contributed by atoms with Gasteiger partial charge >= 0.3 is 0 Å². The number of aliphatic hydroxyl groups is 2. The van der Waals surface area contributed by atoms with Crippen molar-refractivity contribution in [2.75, 3.05) is 0 Å². The van der Waals surface area contributed by atoms with Crippen LogP contribution in [0, 0.1) is 16.7 Å². The summed E-state index contributed by atoms with van der Waals surface area (Å²) in [5.41, 5.74) is 0.219. The number of hydrogen-bond donors (Lipinski definition) is 2. The molecule has 0 spiro atoms. The van der Waals surface area contributed by atoms with Gasteiger partial charge < -0.3 is 10.2 Å². The Morgan fingerprint density at radius 1 is 1.27 bits per heavy atom. The van der Waals surface area contributed by atoms with E-state index in [2.05, 4.69) is 27.7 Å². The Morgan fingerprint density at radius 3 is 1.82 bits per heavy atom. The van der Waals surface area contributed by atoms with Crippen molar-refractivity contribution in [1.82, 2.24) is 0 Å². The van der Waals surface area contributed by atoms with E-state index in [1.54, 1.807) is 0 Å². The van der Waals surface area contributed by atoms with Gasteiger partial charge in [0.1, 0.15) is 0 Å². The van der Waals surface area contributed by atoms with Gasteiger partial charge in [-0.2, -0.15) is 0 Å². The van der Waals surface area contributed by atoms with E-state index in [1.807, 2.05) is 0 Å². The number of rotatable bonds is 2. The molecule has 1 aliphatic rings. The molecule has 0 aromatic heterocycles. The van der Waals surface area contributed by atoms with Crippen LogP contribution in [-0.2, 0) is 0 Å². The normalized spacial score (nSPS) is 41.2. The summed E-state index contributed by atoms with van der Waals surface area (Å²) in [5, 5.41) is 18.1. The van der Waals surface area contributed by atoms with Crippen molar-refractivity contribution in [3.63, 3.8) is 0 Å². The molecule has 2 atom stereocenters. The van der Waals surface area contributed by atoms with Crippen LogP contribution in [0.4, 0.5) is 0 Å². The van der Waals surface area contributed by atoms with Gasteiger partial charge in [-0.25, -0.2) is 0 Å². The lowest BCUT2D eigenvalue weighted by molar-refractivity contribution is -0.0700. The van der Waals surface area contributed by atoms with Crippen LogP contribution in [0.5, 0.6) is 0 Å². The molecule has 0 aliphatic heterocycles. The topological polar surface area (TPSA) is 40.5 Å². The molecular weight excluding hydrogens is 140 g/mol. The maximum atomic E-state index is 9.05. The van der Waals surface area contributed by atoms with Crippen LogP contribution >= 0.6 is 0 Å². The van der Waals surface area contributed by atoms with Gasteiger partial charge in [0.25, 0.3) is 0 Å². The monoisotopic (exact) mass is 158 g/mol. The summed E-state index contributed by atoms with van der Waals surface area (Å²) in [7, 11) is 0. The molecule has 11 heavy (non-hydrogen) atoms. The largest absolute Gasteiger partial charge is 0.368 e. The second-order valence-corrected chi connectivity index (χ2v) is 4.38. The molecule has 2 N–H and O–H groups in total. The molecule has 0 amide bonds. The highest BCUT2D eigenvalue weighted by molar-refractivity contribution is 5.14. The fourth-order valence-electron chi connectivity index (χ4n) is 2.49. The lowest BCUT2D eigenvalue weighted by atomic mass is 9.96. The predicted octanol–water partition coefficient (Wildman–Crippen LogP) is 1.37. The maximum absolute atomic E-state index is 9.05. The van der Waals surface area contributed by atoms with E-state index in [1.165, 1.54) is 0 Å². The van der Waals surface area contributed by atoms with Crippen LogP contribution in [0.25, 0.3) is 0 Å². The Kier molecular flexibility index (Phi) is 1.81. The van der Waals surface area contributed by atoms with Crippen LogP contribution < -0.4 is 0 Å². The van der Waals surface area contributed by atoms with E-state index in [0.29, 0.717) is 0 Å². The zero-order chi connectivity index (χ0) is 8.86. The van der Waals surface area contributed by atoms with E-state index in [0.717, 1.165) is 6.42 Å². The molecule has 66 valence electrons.